The van der Waals surface area contributed by atoms with Crippen LogP contribution in [-0.4, -0.2) is 36.6 Å². The van der Waals surface area contributed by atoms with Crippen LogP contribution >= 0.6 is 0 Å². The summed E-state index contributed by atoms with van der Waals surface area (Å²) >= 11 is 0. The van der Waals surface area contributed by atoms with Crippen LogP contribution in [-0.2, 0) is 0 Å². The third-order valence-electron chi connectivity index (χ3n) is 7.14. The molecule has 1 aliphatic heterocycles. The van der Waals surface area contributed by atoms with Gasteiger partial charge in [-0.25, -0.2) is 0 Å². The number of hydrogen-bond donors (Lipinski definition) is 1. The molecule has 1 heterocycles. The van der Waals surface area contributed by atoms with E-state index >= 15 is 0 Å². The Morgan fingerprint density at radius 2 is 1.70 bits per heavy atom. The topological polar surface area (TPSA) is 15.3 Å². The maximum atomic E-state index is 4.00. The maximum absolute atomic E-state index is 4.00. The van der Waals surface area contributed by atoms with Crippen LogP contribution in [0.1, 0.15) is 84.5 Å². The van der Waals surface area contributed by atoms with Crippen molar-refractivity contribution in [1.82, 2.24) is 10.2 Å². The Morgan fingerprint density at radius 1 is 0.913 bits per heavy atom. The fraction of sp³-hybridized carbons (Fsp3) is 1.00. The van der Waals surface area contributed by atoms with Crippen molar-refractivity contribution in [3.8, 4) is 0 Å². The summed E-state index contributed by atoms with van der Waals surface area (Å²) in [7, 11) is 0. The Labute approximate surface area is 144 Å². The summed E-state index contributed by atoms with van der Waals surface area (Å²) in [4.78, 5) is 2.89. The fourth-order valence-corrected chi connectivity index (χ4v) is 5.39. The average molecular weight is 321 g/mol. The number of piperidine rings is 1. The van der Waals surface area contributed by atoms with E-state index < -0.39 is 0 Å². The molecule has 3 atom stereocenters. The van der Waals surface area contributed by atoms with E-state index in [0.717, 1.165) is 29.8 Å². The zero-order chi connectivity index (χ0) is 16.1. The minimum atomic E-state index is 0.754. The van der Waals surface area contributed by atoms with Gasteiger partial charge in [-0.3, -0.25) is 4.90 Å². The van der Waals surface area contributed by atoms with Crippen LogP contribution in [0.2, 0.25) is 0 Å². The quantitative estimate of drug-likeness (QED) is 0.722. The molecule has 1 saturated heterocycles. The van der Waals surface area contributed by atoms with E-state index in [0.29, 0.717) is 0 Å². The van der Waals surface area contributed by atoms with Gasteiger partial charge in [-0.05, 0) is 62.8 Å². The van der Waals surface area contributed by atoms with Gasteiger partial charge in [0.15, 0.2) is 0 Å². The lowest BCUT2D eigenvalue weighted by Crippen LogP contribution is -2.55. The predicted molar refractivity (Wildman–Crippen MR) is 99.8 cm³/mol. The maximum Gasteiger partial charge on any atom is 0.0198 e. The van der Waals surface area contributed by atoms with Crippen molar-refractivity contribution in [3.05, 3.63) is 0 Å². The Balaban J connectivity index is 1.52. The Morgan fingerprint density at radius 3 is 2.30 bits per heavy atom. The normalized spacial score (nSPS) is 32.6. The highest BCUT2D eigenvalue weighted by Gasteiger charge is 2.35. The van der Waals surface area contributed by atoms with Crippen LogP contribution in [0.25, 0.3) is 0 Å². The number of hydrogen-bond acceptors (Lipinski definition) is 2. The van der Waals surface area contributed by atoms with Crippen LogP contribution in [0.15, 0.2) is 0 Å². The summed E-state index contributed by atoms with van der Waals surface area (Å²) < 4.78 is 0. The minimum absolute atomic E-state index is 0.754. The van der Waals surface area contributed by atoms with E-state index in [9.17, 15) is 0 Å². The molecule has 3 rings (SSSR count). The van der Waals surface area contributed by atoms with Crippen LogP contribution < -0.4 is 5.32 Å². The second-order valence-electron chi connectivity index (χ2n) is 8.74. The summed E-state index contributed by atoms with van der Waals surface area (Å²) in [5.41, 5.74) is 0. The highest BCUT2D eigenvalue weighted by atomic mass is 15.2. The largest absolute Gasteiger partial charge is 0.312 e. The molecule has 0 amide bonds. The first-order valence-corrected chi connectivity index (χ1v) is 10.8. The second-order valence-corrected chi connectivity index (χ2v) is 8.74. The molecule has 0 bridgehead atoms. The fourth-order valence-electron chi connectivity index (χ4n) is 5.39. The molecule has 0 aromatic rings. The molecule has 2 aliphatic carbocycles. The number of rotatable bonds is 7. The van der Waals surface area contributed by atoms with Crippen LogP contribution in [0, 0.1) is 17.8 Å². The lowest BCUT2D eigenvalue weighted by Gasteiger charge is -2.47. The van der Waals surface area contributed by atoms with E-state index in [1.54, 1.807) is 0 Å². The van der Waals surface area contributed by atoms with Crippen molar-refractivity contribution in [2.75, 3.05) is 19.6 Å². The first-order valence-electron chi connectivity index (χ1n) is 10.8. The van der Waals surface area contributed by atoms with Gasteiger partial charge >= 0.3 is 0 Å². The molecule has 0 radical (unpaired) electrons. The average Bonchev–Trinajstić information content (AvgIpc) is 2.56. The molecule has 2 heteroatoms. The van der Waals surface area contributed by atoms with Crippen molar-refractivity contribution in [3.63, 3.8) is 0 Å². The van der Waals surface area contributed by atoms with Crippen molar-refractivity contribution in [2.24, 2.45) is 17.8 Å². The van der Waals surface area contributed by atoms with Gasteiger partial charge in [0.1, 0.15) is 0 Å². The molecule has 0 aromatic heterocycles. The summed E-state index contributed by atoms with van der Waals surface area (Å²) in [6.45, 7) is 8.79. The third kappa shape index (κ3) is 4.72. The summed E-state index contributed by atoms with van der Waals surface area (Å²) in [6, 6.07) is 1.63. The van der Waals surface area contributed by atoms with Gasteiger partial charge in [0, 0.05) is 25.2 Å². The van der Waals surface area contributed by atoms with E-state index in [4.69, 9.17) is 0 Å². The summed E-state index contributed by atoms with van der Waals surface area (Å²) in [6.07, 6.45) is 16.0. The highest BCUT2D eigenvalue weighted by Crippen LogP contribution is 2.36. The molecular formula is C21H40N2. The molecular weight excluding hydrogens is 280 g/mol. The predicted octanol–water partition coefficient (Wildman–Crippen LogP) is 4.84. The van der Waals surface area contributed by atoms with Crippen molar-refractivity contribution >= 4 is 0 Å². The van der Waals surface area contributed by atoms with Crippen molar-refractivity contribution in [1.29, 1.82) is 0 Å². The SMILES string of the molecule is CCC1CC(NCC2CCCCC2)CN(C(CC)C2CCC2)C1. The molecule has 3 fully saturated rings. The summed E-state index contributed by atoms with van der Waals surface area (Å²) in [5, 5.41) is 4.00. The lowest BCUT2D eigenvalue weighted by molar-refractivity contribution is 0.0383. The van der Waals surface area contributed by atoms with Gasteiger partial charge in [-0.1, -0.05) is 46.0 Å². The Hall–Kier alpha value is -0.0800. The molecule has 134 valence electrons. The van der Waals surface area contributed by atoms with Gasteiger partial charge in [0.2, 0.25) is 0 Å². The number of nitrogens with zero attached hydrogens (tertiary/aromatic N) is 1. The minimum Gasteiger partial charge on any atom is -0.312 e. The second kappa shape index (κ2) is 8.85. The molecule has 0 aromatic carbocycles. The molecule has 23 heavy (non-hydrogen) atoms. The van der Waals surface area contributed by atoms with Crippen molar-refractivity contribution in [2.45, 2.75) is 96.6 Å². The van der Waals surface area contributed by atoms with Gasteiger partial charge in [0.05, 0.1) is 0 Å². The van der Waals surface area contributed by atoms with Crippen LogP contribution in [0.4, 0.5) is 0 Å². The van der Waals surface area contributed by atoms with Gasteiger partial charge in [0.25, 0.3) is 0 Å². The zero-order valence-corrected chi connectivity index (χ0v) is 15.7. The Kier molecular flexibility index (Phi) is 6.83. The smallest absolute Gasteiger partial charge is 0.0198 e. The molecule has 3 unspecified atom stereocenters. The summed E-state index contributed by atoms with van der Waals surface area (Å²) in [5.74, 6) is 2.89. The van der Waals surface area contributed by atoms with E-state index in [1.807, 2.05) is 0 Å². The third-order valence-corrected chi connectivity index (χ3v) is 7.14. The van der Waals surface area contributed by atoms with Crippen LogP contribution in [0.5, 0.6) is 0 Å². The van der Waals surface area contributed by atoms with Gasteiger partial charge in [-0.2, -0.15) is 0 Å². The first-order chi connectivity index (χ1) is 11.3. The molecule has 0 spiro atoms. The highest BCUT2D eigenvalue weighted by molar-refractivity contribution is 4.91. The Bertz CT molecular complexity index is 333. The van der Waals surface area contributed by atoms with Gasteiger partial charge < -0.3 is 5.32 Å². The van der Waals surface area contributed by atoms with Gasteiger partial charge in [-0.15, -0.1) is 0 Å². The zero-order valence-electron chi connectivity index (χ0n) is 15.7. The van der Waals surface area contributed by atoms with Crippen molar-refractivity contribution < 1.29 is 0 Å². The molecule has 2 saturated carbocycles. The number of likely N-dealkylation sites (tertiary alicyclic amines) is 1. The van der Waals surface area contributed by atoms with E-state index in [2.05, 4.69) is 24.1 Å². The monoisotopic (exact) mass is 320 g/mol. The van der Waals surface area contributed by atoms with E-state index in [-0.39, 0.29) is 0 Å². The molecule has 1 N–H and O–H groups in total. The first kappa shape index (κ1) is 17.7. The molecule has 2 nitrogen and oxygen atoms in total. The molecule has 3 aliphatic rings. The standard InChI is InChI=1S/C21H40N2/c1-3-17-13-20(22-14-18-9-6-5-7-10-18)16-23(15-17)21(4-2)19-11-8-12-19/h17-22H,3-16H2,1-2H3. The number of nitrogens with one attached hydrogen (secondary N) is 1. The van der Waals surface area contributed by atoms with Crippen LogP contribution in [0.3, 0.4) is 0 Å². The van der Waals surface area contributed by atoms with E-state index in [1.165, 1.54) is 90.3 Å². The lowest BCUT2D eigenvalue weighted by atomic mass is 9.77.